The van der Waals surface area contributed by atoms with E-state index < -0.39 is 6.10 Å². The number of nitrogens with zero attached hydrogens (tertiary/aromatic N) is 1. The largest absolute Gasteiger partial charge is 0.445 e. The van der Waals surface area contributed by atoms with Crippen LogP contribution in [0.2, 0.25) is 0 Å². The van der Waals surface area contributed by atoms with E-state index in [1.807, 2.05) is 6.92 Å². The van der Waals surface area contributed by atoms with Gasteiger partial charge in [-0.3, -0.25) is 0 Å². The number of rotatable bonds is 5. The van der Waals surface area contributed by atoms with Gasteiger partial charge in [0.25, 0.3) is 0 Å². The predicted octanol–water partition coefficient (Wildman–Crippen LogP) is 1.95. The Balaban J connectivity index is 1.81. The van der Waals surface area contributed by atoms with Crippen molar-refractivity contribution in [3.63, 3.8) is 0 Å². The first-order valence-corrected chi connectivity index (χ1v) is 5.70. The van der Waals surface area contributed by atoms with E-state index in [1.165, 1.54) is 12.1 Å². The molecule has 0 saturated heterocycles. The summed E-state index contributed by atoms with van der Waals surface area (Å²) in [7, 11) is 0. The van der Waals surface area contributed by atoms with Crippen molar-refractivity contribution >= 4 is 0 Å². The van der Waals surface area contributed by atoms with E-state index in [0.717, 1.165) is 5.76 Å². The zero-order valence-electron chi connectivity index (χ0n) is 10.1. The number of aromatic nitrogens is 1. The Morgan fingerprint density at radius 1 is 1.39 bits per heavy atom. The molecule has 2 N–H and O–H groups in total. The first kappa shape index (κ1) is 12.7. The molecular weight excluding hydrogens is 235 g/mol. The lowest BCUT2D eigenvalue weighted by molar-refractivity contribution is 0.173. The summed E-state index contributed by atoms with van der Waals surface area (Å²) in [6.07, 6.45) is 0.967. The Hall–Kier alpha value is -1.72. The van der Waals surface area contributed by atoms with Crippen LogP contribution in [0.5, 0.6) is 0 Å². The molecule has 0 fully saturated rings. The van der Waals surface area contributed by atoms with Crippen molar-refractivity contribution < 1.29 is 13.9 Å². The second-order valence-electron chi connectivity index (χ2n) is 4.06. The highest BCUT2D eigenvalue weighted by Crippen LogP contribution is 2.12. The molecule has 0 radical (unpaired) electrons. The molecule has 1 aromatic heterocycles. The average Bonchev–Trinajstić information content (AvgIpc) is 2.76. The number of halogens is 1. The third kappa shape index (κ3) is 3.38. The summed E-state index contributed by atoms with van der Waals surface area (Å²) in [5.74, 6) is 1.03. The van der Waals surface area contributed by atoms with Gasteiger partial charge in [0.05, 0.1) is 18.8 Å². The molecule has 1 atom stereocenters. The van der Waals surface area contributed by atoms with Crippen LogP contribution in [0.15, 0.2) is 34.9 Å². The quantitative estimate of drug-likeness (QED) is 0.851. The van der Waals surface area contributed by atoms with Gasteiger partial charge in [-0.15, -0.1) is 0 Å². The molecule has 0 spiro atoms. The zero-order valence-corrected chi connectivity index (χ0v) is 10.1. The molecule has 2 aromatic rings. The van der Waals surface area contributed by atoms with Crippen molar-refractivity contribution in [1.29, 1.82) is 0 Å². The molecule has 0 aliphatic carbocycles. The summed E-state index contributed by atoms with van der Waals surface area (Å²) in [5, 5.41) is 12.9. The van der Waals surface area contributed by atoms with Gasteiger partial charge in [-0.1, -0.05) is 12.1 Å². The molecule has 5 heteroatoms. The first-order chi connectivity index (χ1) is 8.65. The van der Waals surface area contributed by atoms with Crippen LogP contribution in [-0.4, -0.2) is 16.6 Å². The number of aliphatic hydroxyl groups is 1. The number of hydrogen-bond donors (Lipinski definition) is 2. The standard InChI is InChI=1S/C13H15FN2O2/c1-9-6-16-13(18-9)8-15-7-12(17)10-2-4-11(14)5-3-10/h2-6,12,15,17H,7-8H2,1H3. The minimum atomic E-state index is -0.679. The van der Waals surface area contributed by atoms with Crippen molar-refractivity contribution in [1.82, 2.24) is 10.3 Å². The molecular formula is C13H15FN2O2. The molecule has 0 bridgehead atoms. The van der Waals surface area contributed by atoms with Gasteiger partial charge in [0, 0.05) is 6.54 Å². The lowest BCUT2D eigenvalue weighted by atomic mass is 10.1. The van der Waals surface area contributed by atoms with Gasteiger partial charge in [-0.05, 0) is 24.6 Å². The van der Waals surface area contributed by atoms with E-state index in [4.69, 9.17) is 4.42 Å². The third-order valence-electron chi connectivity index (χ3n) is 2.54. The summed E-state index contributed by atoms with van der Waals surface area (Å²) in [6.45, 7) is 2.63. The Kier molecular flexibility index (Phi) is 4.07. The molecule has 1 aromatic carbocycles. The smallest absolute Gasteiger partial charge is 0.208 e. The number of hydrogen-bond acceptors (Lipinski definition) is 4. The van der Waals surface area contributed by atoms with Crippen LogP contribution in [0.3, 0.4) is 0 Å². The fourth-order valence-electron chi connectivity index (χ4n) is 1.60. The average molecular weight is 250 g/mol. The van der Waals surface area contributed by atoms with Gasteiger partial charge in [0.15, 0.2) is 0 Å². The minimum absolute atomic E-state index is 0.311. The highest BCUT2D eigenvalue weighted by molar-refractivity contribution is 5.18. The summed E-state index contributed by atoms with van der Waals surface area (Å²) in [4.78, 5) is 4.04. The van der Waals surface area contributed by atoms with Crippen LogP contribution < -0.4 is 5.32 Å². The maximum absolute atomic E-state index is 12.7. The Labute approximate surface area is 104 Å². The number of nitrogens with one attached hydrogen (secondary N) is 1. The molecule has 4 nitrogen and oxygen atoms in total. The fourth-order valence-corrected chi connectivity index (χ4v) is 1.60. The van der Waals surface area contributed by atoms with Crippen molar-refractivity contribution in [3.05, 3.63) is 53.5 Å². The predicted molar refractivity (Wildman–Crippen MR) is 64.3 cm³/mol. The monoisotopic (exact) mass is 250 g/mol. The molecule has 18 heavy (non-hydrogen) atoms. The molecule has 1 heterocycles. The number of aliphatic hydroxyl groups excluding tert-OH is 1. The summed E-state index contributed by atoms with van der Waals surface area (Å²) < 4.78 is 18.0. The molecule has 96 valence electrons. The van der Waals surface area contributed by atoms with Crippen molar-refractivity contribution in [2.45, 2.75) is 19.6 Å². The Bertz CT molecular complexity index is 496. The Morgan fingerprint density at radius 3 is 2.72 bits per heavy atom. The highest BCUT2D eigenvalue weighted by Gasteiger charge is 2.08. The van der Waals surface area contributed by atoms with Crippen molar-refractivity contribution in [3.8, 4) is 0 Å². The maximum atomic E-state index is 12.7. The van der Waals surface area contributed by atoms with E-state index in [9.17, 15) is 9.50 Å². The molecule has 0 saturated carbocycles. The molecule has 0 aliphatic heterocycles. The third-order valence-corrected chi connectivity index (χ3v) is 2.54. The van der Waals surface area contributed by atoms with Crippen LogP contribution in [0, 0.1) is 12.7 Å². The molecule has 0 aliphatic rings. The number of benzene rings is 1. The number of aryl methyl sites for hydroxylation is 1. The minimum Gasteiger partial charge on any atom is -0.445 e. The van der Waals surface area contributed by atoms with Crippen LogP contribution in [-0.2, 0) is 6.54 Å². The van der Waals surface area contributed by atoms with Gasteiger partial charge in [-0.2, -0.15) is 0 Å². The van der Waals surface area contributed by atoms with Crippen LogP contribution in [0.1, 0.15) is 23.3 Å². The van der Waals surface area contributed by atoms with Gasteiger partial charge in [-0.25, -0.2) is 9.37 Å². The second-order valence-corrected chi connectivity index (χ2v) is 4.06. The van der Waals surface area contributed by atoms with E-state index >= 15 is 0 Å². The van der Waals surface area contributed by atoms with Crippen LogP contribution in [0.4, 0.5) is 4.39 Å². The lowest BCUT2D eigenvalue weighted by Gasteiger charge is -2.11. The summed E-state index contributed by atoms with van der Waals surface area (Å²) in [5.41, 5.74) is 0.674. The van der Waals surface area contributed by atoms with Crippen molar-refractivity contribution in [2.75, 3.05) is 6.54 Å². The highest BCUT2D eigenvalue weighted by atomic mass is 19.1. The fraction of sp³-hybridized carbons (Fsp3) is 0.308. The first-order valence-electron chi connectivity index (χ1n) is 5.70. The van der Waals surface area contributed by atoms with Gasteiger partial charge < -0.3 is 14.8 Å². The normalized spacial score (nSPS) is 12.6. The van der Waals surface area contributed by atoms with E-state index in [1.54, 1.807) is 18.3 Å². The SMILES string of the molecule is Cc1cnc(CNCC(O)c2ccc(F)cc2)o1. The molecule has 1 unspecified atom stereocenters. The molecule has 0 amide bonds. The van der Waals surface area contributed by atoms with E-state index in [0.29, 0.717) is 24.5 Å². The van der Waals surface area contributed by atoms with Crippen LogP contribution in [0.25, 0.3) is 0 Å². The Morgan fingerprint density at radius 2 is 2.11 bits per heavy atom. The van der Waals surface area contributed by atoms with E-state index in [-0.39, 0.29) is 5.82 Å². The second kappa shape index (κ2) is 5.75. The maximum Gasteiger partial charge on any atom is 0.208 e. The van der Waals surface area contributed by atoms with Gasteiger partial charge in [0.1, 0.15) is 11.6 Å². The lowest BCUT2D eigenvalue weighted by Crippen LogP contribution is -2.21. The zero-order chi connectivity index (χ0) is 13.0. The summed E-state index contributed by atoms with van der Waals surface area (Å²) in [6, 6.07) is 5.79. The van der Waals surface area contributed by atoms with Gasteiger partial charge in [0.2, 0.25) is 5.89 Å². The van der Waals surface area contributed by atoms with Crippen molar-refractivity contribution in [2.24, 2.45) is 0 Å². The van der Waals surface area contributed by atoms with Gasteiger partial charge >= 0.3 is 0 Å². The van der Waals surface area contributed by atoms with Crippen LogP contribution >= 0.6 is 0 Å². The molecule has 2 rings (SSSR count). The summed E-state index contributed by atoms with van der Waals surface area (Å²) >= 11 is 0. The number of oxazole rings is 1. The topological polar surface area (TPSA) is 58.3 Å². The van der Waals surface area contributed by atoms with E-state index in [2.05, 4.69) is 10.3 Å².